The maximum atomic E-state index is 5.88. The maximum absolute atomic E-state index is 5.88. The van der Waals surface area contributed by atoms with E-state index in [0.717, 1.165) is 14.3 Å². The molecule has 1 aromatic carbocycles. The van der Waals surface area contributed by atoms with Crippen molar-refractivity contribution in [3.8, 4) is 0 Å². The zero-order valence-corrected chi connectivity index (χ0v) is 10.1. The van der Waals surface area contributed by atoms with Crippen molar-refractivity contribution in [3.05, 3.63) is 44.7 Å². The lowest BCUT2D eigenvalue weighted by molar-refractivity contribution is 0.636. The summed E-state index contributed by atoms with van der Waals surface area (Å²) in [7, 11) is 0. The Hall–Kier alpha value is -0.620. The van der Waals surface area contributed by atoms with Crippen LogP contribution in [0.5, 0.6) is 0 Å². The Kier molecular flexibility index (Phi) is 3.02. The Morgan fingerprint density at radius 1 is 1.43 bits per heavy atom. The molecule has 2 aromatic rings. The summed E-state index contributed by atoms with van der Waals surface area (Å²) in [5, 5.41) is 8.52. The van der Waals surface area contributed by atoms with Crippen LogP contribution in [0.2, 0.25) is 5.02 Å². The van der Waals surface area contributed by atoms with Gasteiger partial charge in [-0.2, -0.15) is 0 Å². The summed E-state index contributed by atoms with van der Waals surface area (Å²) in [5.41, 5.74) is 1.13. The fourth-order valence-electron chi connectivity index (χ4n) is 1.16. The molecule has 1 aromatic heterocycles. The van der Waals surface area contributed by atoms with E-state index in [-0.39, 0.29) is 0 Å². The number of benzene rings is 1. The summed E-state index contributed by atoms with van der Waals surface area (Å²) in [6.45, 7) is 0.707. The third-order valence-corrected chi connectivity index (χ3v) is 2.86. The van der Waals surface area contributed by atoms with E-state index < -0.39 is 0 Å². The molecular formula is C9H7ClIN3. The van der Waals surface area contributed by atoms with Crippen LogP contribution < -0.4 is 0 Å². The highest BCUT2D eigenvalue weighted by molar-refractivity contribution is 14.1. The van der Waals surface area contributed by atoms with Gasteiger partial charge in [-0.25, -0.2) is 4.68 Å². The monoisotopic (exact) mass is 319 g/mol. The van der Waals surface area contributed by atoms with Crippen molar-refractivity contribution >= 4 is 34.2 Å². The van der Waals surface area contributed by atoms with Crippen LogP contribution >= 0.6 is 34.2 Å². The van der Waals surface area contributed by atoms with Crippen LogP contribution in [0.25, 0.3) is 0 Å². The Balaban J connectivity index is 2.23. The second-order valence-corrected chi connectivity index (χ2v) is 4.39. The summed E-state index contributed by atoms with van der Waals surface area (Å²) in [4.78, 5) is 0. The van der Waals surface area contributed by atoms with Gasteiger partial charge in [0.1, 0.15) is 3.70 Å². The van der Waals surface area contributed by atoms with Crippen molar-refractivity contribution < 1.29 is 0 Å². The molecule has 0 bridgehead atoms. The Morgan fingerprint density at radius 2 is 2.29 bits per heavy atom. The lowest BCUT2D eigenvalue weighted by Gasteiger charge is -2.02. The van der Waals surface area contributed by atoms with Gasteiger partial charge in [0.25, 0.3) is 0 Å². The zero-order valence-electron chi connectivity index (χ0n) is 7.19. The highest BCUT2D eigenvalue weighted by atomic mass is 127. The molecule has 0 saturated heterocycles. The molecule has 0 N–H and O–H groups in total. The molecule has 0 radical (unpaired) electrons. The fraction of sp³-hybridized carbons (Fsp3) is 0.111. The van der Waals surface area contributed by atoms with Crippen LogP contribution in [0.4, 0.5) is 0 Å². The smallest absolute Gasteiger partial charge is 0.120 e. The van der Waals surface area contributed by atoms with Crippen molar-refractivity contribution in [2.75, 3.05) is 0 Å². The van der Waals surface area contributed by atoms with Crippen LogP contribution in [-0.4, -0.2) is 15.0 Å². The Morgan fingerprint density at radius 3 is 2.93 bits per heavy atom. The summed E-state index contributed by atoms with van der Waals surface area (Å²) < 4.78 is 2.84. The number of hydrogen-bond acceptors (Lipinski definition) is 2. The molecular weight excluding hydrogens is 312 g/mol. The van der Waals surface area contributed by atoms with Crippen molar-refractivity contribution in [1.29, 1.82) is 0 Å². The normalized spacial score (nSPS) is 10.4. The highest BCUT2D eigenvalue weighted by Crippen LogP contribution is 2.12. The molecule has 0 atom stereocenters. The van der Waals surface area contributed by atoms with Crippen molar-refractivity contribution in [1.82, 2.24) is 15.0 Å². The van der Waals surface area contributed by atoms with E-state index in [0.29, 0.717) is 6.54 Å². The molecule has 0 unspecified atom stereocenters. The van der Waals surface area contributed by atoms with Gasteiger partial charge in [0, 0.05) is 5.02 Å². The molecule has 0 aliphatic heterocycles. The molecule has 14 heavy (non-hydrogen) atoms. The number of aromatic nitrogens is 3. The van der Waals surface area contributed by atoms with E-state index in [1.807, 2.05) is 28.9 Å². The van der Waals surface area contributed by atoms with E-state index in [1.165, 1.54) is 0 Å². The topological polar surface area (TPSA) is 30.7 Å². The van der Waals surface area contributed by atoms with Crippen molar-refractivity contribution in [2.24, 2.45) is 0 Å². The standard InChI is InChI=1S/C9H7ClIN3/c10-8-3-1-2-7(4-8)6-14-9(11)5-12-13-14/h1-5H,6H2. The van der Waals surface area contributed by atoms with Crippen LogP contribution in [0, 0.1) is 3.70 Å². The minimum absolute atomic E-state index is 0.707. The fourth-order valence-corrected chi connectivity index (χ4v) is 1.77. The maximum Gasteiger partial charge on any atom is 0.120 e. The zero-order chi connectivity index (χ0) is 9.97. The first-order valence-electron chi connectivity index (χ1n) is 4.04. The quantitative estimate of drug-likeness (QED) is 0.797. The first-order valence-corrected chi connectivity index (χ1v) is 5.50. The lowest BCUT2D eigenvalue weighted by Crippen LogP contribution is -2.03. The summed E-state index contributed by atoms with van der Waals surface area (Å²) in [6, 6.07) is 7.74. The largest absolute Gasteiger partial charge is 0.235 e. The van der Waals surface area contributed by atoms with E-state index in [4.69, 9.17) is 11.6 Å². The molecule has 0 aliphatic carbocycles. The minimum atomic E-state index is 0.707. The molecule has 0 spiro atoms. The van der Waals surface area contributed by atoms with Gasteiger partial charge in [-0.15, -0.1) is 5.10 Å². The van der Waals surface area contributed by atoms with Gasteiger partial charge in [-0.05, 0) is 40.3 Å². The molecule has 5 heteroatoms. The summed E-state index contributed by atoms with van der Waals surface area (Å²) in [6.07, 6.45) is 1.73. The molecule has 0 amide bonds. The number of rotatable bonds is 2. The predicted molar refractivity (Wildman–Crippen MR) is 63.3 cm³/mol. The van der Waals surface area contributed by atoms with Crippen LogP contribution in [0.3, 0.4) is 0 Å². The van der Waals surface area contributed by atoms with Gasteiger partial charge in [-0.3, -0.25) is 0 Å². The molecule has 0 saturated carbocycles. The minimum Gasteiger partial charge on any atom is -0.235 e. The first kappa shape index (κ1) is 9.92. The molecule has 0 fully saturated rings. The van der Waals surface area contributed by atoms with E-state index in [9.17, 15) is 0 Å². The predicted octanol–water partition coefficient (Wildman–Crippen LogP) is 2.58. The van der Waals surface area contributed by atoms with E-state index in [2.05, 4.69) is 32.9 Å². The average molecular weight is 320 g/mol. The lowest BCUT2D eigenvalue weighted by atomic mass is 10.2. The second-order valence-electron chi connectivity index (χ2n) is 2.84. The molecule has 3 nitrogen and oxygen atoms in total. The van der Waals surface area contributed by atoms with Crippen molar-refractivity contribution in [2.45, 2.75) is 6.54 Å². The molecule has 72 valence electrons. The van der Waals surface area contributed by atoms with Gasteiger partial charge in [0.05, 0.1) is 12.7 Å². The summed E-state index contributed by atoms with van der Waals surface area (Å²) in [5.74, 6) is 0. The van der Waals surface area contributed by atoms with E-state index in [1.54, 1.807) is 6.20 Å². The van der Waals surface area contributed by atoms with Gasteiger partial charge in [0.15, 0.2) is 0 Å². The molecule has 1 heterocycles. The van der Waals surface area contributed by atoms with Crippen LogP contribution in [0.1, 0.15) is 5.56 Å². The number of nitrogens with zero attached hydrogens (tertiary/aromatic N) is 3. The molecule has 2 rings (SSSR count). The number of hydrogen-bond donors (Lipinski definition) is 0. The van der Waals surface area contributed by atoms with Gasteiger partial charge in [-0.1, -0.05) is 28.9 Å². The second kappa shape index (κ2) is 4.27. The SMILES string of the molecule is Clc1cccc(Cn2nncc2I)c1. The third-order valence-electron chi connectivity index (χ3n) is 1.79. The summed E-state index contributed by atoms with van der Waals surface area (Å²) >= 11 is 8.07. The number of halogens is 2. The van der Waals surface area contributed by atoms with Crippen LogP contribution in [-0.2, 0) is 6.54 Å². The highest BCUT2D eigenvalue weighted by Gasteiger charge is 2.01. The van der Waals surface area contributed by atoms with Crippen molar-refractivity contribution in [3.63, 3.8) is 0 Å². The average Bonchev–Trinajstić information content (AvgIpc) is 2.52. The van der Waals surface area contributed by atoms with Gasteiger partial charge in [0.2, 0.25) is 0 Å². The molecule has 0 aliphatic rings. The van der Waals surface area contributed by atoms with Gasteiger partial charge >= 0.3 is 0 Å². The Labute approximate surface area is 100 Å². The van der Waals surface area contributed by atoms with Gasteiger partial charge < -0.3 is 0 Å². The van der Waals surface area contributed by atoms with E-state index >= 15 is 0 Å². The third kappa shape index (κ3) is 2.24. The Bertz CT molecular complexity index is 441. The van der Waals surface area contributed by atoms with Crippen LogP contribution in [0.15, 0.2) is 30.5 Å². The first-order chi connectivity index (χ1) is 6.75.